The van der Waals surface area contributed by atoms with Gasteiger partial charge >= 0.3 is 0 Å². The lowest BCUT2D eigenvalue weighted by molar-refractivity contribution is 0.326. The predicted octanol–water partition coefficient (Wildman–Crippen LogP) is 2.86. The molecule has 1 aromatic heterocycles. The zero-order chi connectivity index (χ0) is 12.8. The molecule has 0 bridgehead atoms. The minimum Gasteiger partial charge on any atom is -0.478 e. The van der Waals surface area contributed by atoms with Crippen molar-refractivity contribution in [1.29, 1.82) is 0 Å². The summed E-state index contributed by atoms with van der Waals surface area (Å²) < 4.78 is 5.42. The van der Waals surface area contributed by atoms with Crippen LogP contribution < -0.4 is 9.64 Å². The Labute approximate surface area is 113 Å². The number of ether oxygens (including phenoxy) is 1. The van der Waals surface area contributed by atoms with Crippen molar-refractivity contribution in [3.05, 3.63) is 12.3 Å². The number of aromatic nitrogens is 2. The Hall–Kier alpha value is -1.03. The monoisotopic (exact) mass is 269 g/mol. The number of halogens is 1. The third-order valence-electron chi connectivity index (χ3n) is 3.21. The topological polar surface area (TPSA) is 38.2 Å². The summed E-state index contributed by atoms with van der Waals surface area (Å²) in [7, 11) is 0. The standard InChI is InChI=1S/C13H20ClN3O/c1-2-18-12-7-9-15-13(16-12)17-10-4-6-11(17)5-3-8-14/h7,9,11H,2-6,8,10H2,1H3. The molecule has 100 valence electrons. The van der Waals surface area contributed by atoms with E-state index in [1.165, 1.54) is 12.8 Å². The Balaban J connectivity index is 2.06. The first kappa shape index (κ1) is 13.4. The van der Waals surface area contributed by atoms with Crippen molar-refractivity contribution in [3.63, 3.8) is 0 Å². The minimum atomic E-state index is 0.528. The maximum absolute atomic E-state index is 5.77. The van der Waals surface area contributed by atoms with Crippen molar-refractivity contribution in [1.82, 2.24) is 9.97 Å². The van der Waals surface area contributed by atoms with E-state index in [9.17, 15) is 0 Å². The molecule has 4 nitrogen and oxygen atoms in total. The summed E-state index contributed by atoms with van der Waals surface area (Å²) in [6.45, 7) is 3.62. The summed E-state index contributed by atoms with van der Waals surface area (Å²) in [4.78, 5) is 11.1. The van der Waals surface area contributed by atoms with Crippen LogP contribution in [-0.4, -0.2) is 35.0 Å². The number of rotatable bonds is 6. The van der Waals surface area contributed by atoms with Crippen LogP contribution in [0.2, 0.25) is 0 Å². The van der Waals surface area contributed by atoms with Gasteiger partial charge in [-0.05, 0) is 32.6 Å². The van der Waals surface area contributed by atoms with Crippen LogP contribution in [-0.2, 0) is 0 Å². The van der Waals surface area contributed by atoms with Gasteiger partial charge in [-0.2, -0.15) is 4.98 Å². The van der Waals surface area contributed by atoms with Crippen LogP contribution >= 0.6 is 11.6 Å². The van der Waals surface area contributed by atoms with Crippen LogP contribution in [0.1, 0.15) is 32.6 Å². The van der Waals surface area contributed by atoms with Gasteiger partial charge in [-0.1, -0.05) is 0 Å². The normalized spacial score (nSPS) is 19.2. The minimum absolute atomic E-state index is 0.528. The predicted molar refractivity (Wildman–Crippen MR) is 73.5 cm³/mol. The summed E-state index contributed by atoms with van der Waals surface area (Å²) in [6.07, 6.45) is 6.35. The van der Waals surface area contributed by atoms with E-state index in [0.717, 1.165) is 31.2 Å². The zero-order valence-corrected chi connectivity index (χ0v) is 11.6. The van der Waals surface area contributed by atoms with Crippen LogP contribution in [0.5, 0.6) is 5.88 Å². The highest BCUT2D eigenvalue weighted by atomic mass is 35.5. The molecule has 5 heteroatoms. The number of hydrogen-bond donors (Lipinski definition) is 0. The Kier molecular flexibility index (Phi) is 5.05. The summed E-state index contributed by atoms with van der Waals surface area (Å²) in [5.74, 6) is 2.17. The summed E-state index contributed by atoms with van der Waals surface area (Å²) in [5, 5.41) is 0. The fourth-order valence-electron chi connectivity index (χ4n) is 2.41. The molecule has 2 heterocycles. The van der Waals surface area contributed by atoms with Crippen molar-refractivity contribution in [3.8, 4) is 5.88 Å². The molecular formula is C13H20ClN3O. The van der Waals surface area contributed by atoms with E-state index in [-0.39, 0.29) is 0 Å². The van der Waals surface area contributed by atoms with Crippen molar-refractivity contribution in [2.24, 2.45) is 0 Å². The molecule has 2 rings (SSSR count). The van der Waals surface area contributed by atoms with Gasteiger partial charge in [0.05, 0.1) is 6.61 Å². The zero-order valence-electron chi connectivity index (χ0n) is 10.8. The van der Waals surface area contributed by atoms with Gasteiger partial charge in [-0.15, -0.1) is 11.6 Å². The van der Waals surface area contributed by atoms with E-state index in [4.69, 9.17) is 16.3 Å². The van der Waals surface area contributed by atoms with Gasteiger partial charge in [-0.25, -0.2) is 4.98 Å². The lowest BCUT2D eigenvalue weighted by Crippen LogP contribution is -2.30. The number of alkyl halides is 1. The Bertz CT molecular complexity index is 375. The largest absolute Gasteiger partial charge is 0.478 e. The number of hydrogen-bond acceptors (Lipinski definition) is 4. The van der Waals surface area contributed by atoms with Crippen molar-refractivity contribution in [2.45, 2.75) is 38.6 Å². The van der Waals surface area contributed by atoms with Gasteiger partial charge < -0.3 is 9.64 Å². The second kappa shape index (κ2) is 6.78. The van der Waals surface area contributed by atoms with E-state index in [0.29, 0.717) is 18.5 Å². The average Bonchev–Trinajstić information content (AvgIpc) is 2.85. The molecule has 1 aromatic rings. The molecule has 1 aliphatic rings. The summed E-state index contributed by atoms with van der Waals surface area (Å²) in [5.41, 5.74) is 0. The van der Waals surface area contributed by atoms with Crippen LogP contribution in [0, 0.1) is 0 Å². The first-order valence-corrected chi connectivity index (χ1v) is 7.17. The average molecular weight is 270 g/mol. The lowest BCUT2D eigenvalue weighted by Gasteiger charge is -2.24. The molecule has 1 unspecified atom stereocenters. The summed E-state index contributed by atoms with van der Waals surface area (Å²) >= 11 is 5.77. The van der Waals surface area contributed by atoms with Crippen molar-refractivity contribution < 1.29 is 4.74 Å². The summed E-state index contributed by atoms with van der Waals surface area (Å²) in [6, 6.07) is 2.33. The lowest BCUT2D eigenvalue weighted by atomic mass is 10.1. The van der Waals surface area contributed by atoms with E-state index in [1.807, 2.05) is 6.92 Å². The molecule has 1 atom stereocenters. The third-order valence-corrected chi connectivity index (χ3v) is 3.48. The fourth-order valence-corrected chi connectivity index (χ4v) is 2.57. The molecule has 0 spiro atoms. The second-order valence-electron chi connectivity index (χ2n) is 4.45. The van der Waals surface area contributed by atoms with Gasteiger partial charge in [0.25, 0.3) is 0 Å². The molecule has 0 N–H and O–H groups in total. The SMILES string of the molecule is CCOc1ccnc(N2CCCC2CCCCl)n1. The maximum atomic E-state index is 5.77. The maximum Gasteiger partial charge on any atom is 0.228 e. The van der Waals surface area contributed by atoms with Gasteiger partial charge in [0, 0.05) is 30.7 Å². The molecule has 1 saturated heterocycles. The fraction of sp³-hybridized carbons (Fsp3) is 0.692. The van der Waals surface area contributed by atoms with Gasteiger partial charge in [0.15, 0.2) is 0 Å². The highest BCUT2D eigenvalue weighted by Crippen LogP contribution is 2.26. The van der Waals surface area contributed by atoms with Gasteiger partial charge in [-0.3, -0.25) is 0 Å². The molecule has 0 aliphatic carbocycles. The van der Waals surface area contributed by atoms with Gasteiger partial charge in [0.2, 0.25) is 11.8 Å². The number of nitrogens with zero attached hydrogens (tertiary/aromatic N) is 3. The van der Waals surface area contributed by atoms with Gasteiger partial charge in [0.1, 0.15) is 0 Å². The molecule has 1 aliphatic heterocycles. The number of anilines is 1. The molecular weight excluding hydrogens is 250 g/mol. The molecule has 1 fully saturated rings. The first-order valence-electron chi connectivity index (χ1n) is 6.63. The Morgan fingerprint density at radius 1 is 1.56 bits per heavy atom. The highest BCUT2D eigenvalue weighted by Gasteiger charge is 2.26. The van der Waals surface area contributed by atoms with Crippen LogP contribution in [0.25, 0.3) is 0 Å². The highest BCUT2D eigenvalue weighted by molar-refractivity contribution is 6.17. The molecule has 0 saturated carbocycles. The van der Waals surface area contributed by atoms with E-state index >= 15 is 0 Å². The quantitative estimate of drug-likeness (QED) is 0.745. The Morgan fingerprint density at radius 3 is 3.22 bits per heavy atom. The molecule has 0 aromatic carbocycles. The van der Waals surface area contributed by atoms with Crippen molar-refractivity contribution in [2.75, 3.05) is 23.9 Å². The Morgan fingerprint density at radius 2 is 2.44 bits per heavy atom. The second-order valence-corrected chi connectivity index (χ2v) is 4.83. The smallest absolute Gasteiger partial charge is 0.228 e. The first-order chi connectivity index (χ1) is 8.85. The van der Waals surface area contributed by atoms with Crippen LogP contribution in [0.15, 0.2) is 12.3 Å². The molecule has 0 radical (unpaired) electrons. The van der Waals surface area contributed by atoms with E-state index in [1.54, 1.807) is 12.3 Å². The van der Waals surface area contributed by atoms with Crippen LogP contribution in [0.3, 0.4) is 0 Å². The molecule has 18 heavy (non-hydrogen) atoms. The van der Waals surface area contributed by atoms with E-state index in [2.05, 4.69) is 14.9 Å². The van der Waals surface area contributed by atoms with Crippen molar-refractivity contribution >= 4 is 17.5 Å². The molecule has 0 amide bonds. The third kappa shape index (κ3) is 3.25. The van der Waals surface area contributed by atoms with Crippen LogP contribution in [0.4, 0.5) is 5.95 Å². The van der Waals surface area contributed by atoms with E-state index < -0.39 is 0 Å².